The van der Waals surface area contributed by atoms with E-state index in [0.717, 1.165) is 18.5 Å². The first-order valence-corrected chi connectivity index (χ1v) is 12.1. The standard InChI is InChI=1S/C27H38N4/c1-3-5-7-8-9-10-12-24-15-19-26(20-16-24)29-27(31-22-21-28-30-31)25-17-13-23(14-18-25)11-6-4-2/h13-22,27,29H,3-12H2,1-2H3. The van der Waals surface area contributed by atoms with Crippen molar-refractivity contribution in [2.24, 2.45) is 0 Å². The summed E-state index contributed by atoms with van der Waals surface area (Å²) in [5, 5.41) is 11.9. The van der Waals surface area contributed by atoms with Gasteiger partial charge in [-0.3, -0.25) is 0 Å². The highest BCUT2D eigenvalue weighted by atomic mass is 15.5. The summed E-state index contributed by atoms with van der Waals surface area (Å²) in [6.07, 6.45) is 16.4. The molecule has 3 rings (SSSR count). The van der Waals surface area contributed by atoms with E-state index in [9.17, 15) is 0 Å². The Bertz CT molecular complexity index is 838. The third-order valence-electron chi connectivity index (χ3n) is 5.90. The van der Waals surface area contributed by atoms with Gasteiger partial charge in [0.05, 0.1) is 6.20 Å². The minimum absolute atomic E-state index is 0.0767. The molecule has 0 fully saturated rings. The maximum absolute atomic E-state index is 4.25. The highest BCUT2D eigenvalue weighted by Crippen LogP contribution is 2.23. The van der Waals surface area contributed by atoms with Crippen LogP contribution < -0.4 is 5.32 Å². The maximum Gasteiger partial charge on any atom is 0.148 e. The summed E-state index contributed by atoms with van der Waals surface area (Å²) < 4.78 is 1.88. The molecule has 0 aliphatic rings. The molecular weight excluding hydrogens is 380 g/mol. The minimum Gasteiger partial charge on any atom is -0.360 e. The molecule has 1 unspecified atom stereocenters. The molecule has 0 bridgehead atoms. The zero-order valence-corrected chi connectivity index (χ0v) is 19.3. The van der Waals surface area contributed by atoms with E-state index in [4.69, 9.17) is 0 Å². The predicted octanol–water partition coefficient (Wildman–Crippen LogP) is 7.18. The molecule has 2 aromatic carbocycles. The maximum atomic E-state index is 4.25. The van der Waals surface area contributed by atoms with E-state index in [0.29, 0.717) is 0 Å². The lowest BCUT2D eigenvalue weighted by atomic mass is 10.0. The van der Waals surface area contributed by atoms with Crippen molar-refractivity contribution in [3.63, 3.8) is 0 Å². The average molecular weight is 419 g/mol. The second-order valence-corrected chi connectivity index (χ2v) is 8.49. The van der Waals surface area contributed by atoms with Gasteiger partial charge in [-0.2, -0.15) is 0 Å². The molecule has 4 nitrogen and oxygen atoms in total. The van der Waals surface area contributed by atoms with Crippen molar-refractivity contribution in [1.29, 1.82) is 0 Å². The number of nitrogens with zero attached hydrogens (tertiary/aromatic N) is 3. The summed E-state index contributed by atoms with van der Waals surface area (Å²) in [6.45, 7) is 4.50. The fraction of sp³-hybridized carbons (Fsp3) is 0.481. The predicted molar refractivity (Wildman–Crippen MR) is 130 cm³/mol. The van der Waals surface area contributed by atoms with Crippen molar-refractivity contribution >= 4 is 5.69 Å². The summed E-state index contributed by atoms with van der Waals surface area (Å²) in [5.74, 6) is 0. The molecule has 0 spiro atoms. The van der Waals surface area contributed by atoms with E-state index in [-0.39, 0.29) is 6.17 Å². The van der Waals surface area contributed by atoms with E-state index in [1.54, 1.807) is 6.20 Å². The van der Waals surface area contributed by atoms with Crippen molar-refractivity contribution in [2.45, 2.75) is 84.2 Å². The molecule has 0 aliphatic carbocycles. The van der Waals surface area contributed by atoms with Crippen LogP contribution in [0.2, 0.25) is 0 Å². The molecule has 3 aromatic rings. The van der Waals surface area contributed by atoms with E-state index in [1.165, 1.54) is 68.1 Å². The van der Waals surface area contributed by atoms with Gasteiger partial charge in [-0.1, -0.05) is 94.0 Å². The highest BCUT2D eigenvalue weighted by Gasteiger charge is 2.14. The van der Waals surface area contributed by atoms with Crippen LogP contribution in [0.5, 0.6) is 0 Å². The molecule has 0 radical (unpaired) electrons. The van der Waals surface area contributed by atoms with Crippen molar-refractivity contribution < 1.29 is 0 Å². The summed E-state index contributed by atoms with van der Waals surface area (Å²) in [7, 11) is 0. The number of aromatic nitrogens is 3. The van der Waals surface area contributed by atoms with Gasteiger partial charge in [-0.05, 0) is 54.5 Å². The minimum atomic E-state index is -0.0767. The molecule has 0 amide bonds. The quantitative estimate of drug-likeness (QED) is 0.282. The van der Waals surface area contributed by atoms with Crippen LogP contribution >= 0.6 is 0 Å². The summed E-state index contributed by atoms with van der Waals surface area (Å²) >= 11 is 0. The third kappa shape index (κ3) is 7.54. The Morgan fingerprint density at radius 3 is 2.00 bits per heavy atom. The second kappa shape index (κ2) is 12.9. The molecular formula is C27H38N4. The Morgan fingerprint density at radius 1 is 0.742 bits per heavy atom. The van der Waals surface area contributed by atoms with Gasteiger partial charge >= 0.3 is 0 Å². The molecule has 1 heterocycles. The average Bonchev–Trinajstić information content (AvgIpc) is 3.34. The lowest BCUT2D eigenvalue weighted by molar-refractivity contribution is 0.554. The van der Waals surface area contributed by atoms with Gasteiger partial charge in [0.2, 0.25) is 0 Å². The van der Waals surface area contributed by atoms with E-state index >= 15 is 0 Å². The normalized spacial score (nSPS) is 12.1. The van der Waals surface area contributed by atoms with E-state index in [1.807, 2.05) is 10.9 Å². The molecule has 1 atom stereocenters. The highest BCUT2D eigenvalue weighted by molar-refractivity contribution is 5.47. The zero-order valence-electron chi connectivity index (χ0n) is 19.3. The van der Waals surface area contributed by atoms with Gasteiger partial charge in [0.15, 0.2) is 0 Å². The molecule has 166 valence electrons. The van der Waals surface area contributed by atoms with Crippen LogP contribution in [0, 0.1) is 0 Å². The number of aryl methyl sites for hydroxylation is 2. The zero-order chi connectivity index (χ0) is 21.7. The number of rotatable bonds is 14. The molecule has 1 N–H and O–H groups in total. The molecule has 31 heavy (non-hydrogen) atoms. The fourth-order valence-electron chi connectivity index (χ4n) is 3.94. The second-order valence-electron chi connectivity index (χ2n) is 8.49. The Morgan fingerprint density at radius 2 is 1.35 bits per heavy atom. The molecule has 0 saturated carbocycles. The van der Waals surface area contributed by atoms with Gasteiger partial charge in [0, 0.05) is 11.9 Å². The van der Waals surface area contributed by atoms with E-state index in [2.05, 4.69) is 78.0 Å². The molecule has 1 aromatic heterocycles. The first-order chi connectivity index (χ1) is 15.3. The molecule has 0 aliphatic heterocycles. The Labute approximate surface area is 188 Å². The number of benzene rings is 2. The van der Waals surface area contributed by atoms with Gasteiger partial charge in [-0.25, -0.2) is 4.68 Å². The summed E-state index contributed by atoms with van der Waals surface area (Å²) in [6, 6.07) is 17.8. The molecule has 0 saturated heterocycles. The number of unbranched alkanes of at least 4 members (excludes halogenated alkanes) is 6. The summed E-state index contributed by atoms with van der Waals surface area (Å²) in [5.41, 5.74) is 5.09. The lowest BCUT2D eigenvalue weighted by Crippen LogP contribution is -2.20. The lowest BCUT2D eigenvalue weighted by Gasteiger charge is -2.21. The van der Waals surface area contributed by atoms with Crippen molar-refractivity contribution in [3.05, 3.63) is 77.6 Å². The van der Waals surface area contributed by atoms with E-state index < -0.39 is 0 Å². The van der Waals surface area contributed by atoms with Gasteiger partial charge in [-0.15, -0.1) is 5.10 Å². The Hall–Kier alpha value is -2.62. The van der Waals surface area contributed by atoms with Gasteiger partial charge < -0.3 is 5.32 Å². The number of hydrogen-bond acceptors (Lipinski definition) is 3. The van der Waals surface area contributed by atoms with Crippen molar-refractivity contribution in [1.82, 2.24) is 15.0 Å². The fourth-order valence-corrected chi connectivity index (χ4v) is 3.94. The number of anilines is 1. The Balaban J connectivity index is 1.60. The van der Waals surface area contributed by atoms with Gasteiger partial charge in [0.1, 0.15) is 6.17 Å². The van der Waals surface area contributed by atoms with Crippen molar-refractivity contribution in [3.8, 4) is 0 Å². The topological polar surface area (TPSA) is 42.7 Å². The first kappa shape index (κ1) is 23.1. The smallest absolute Gasteiger partial charge is 0.148 e. The number of nitrogens with one attached hydrogen (secondary N) is 1. The monoisotopic (exact) mass is 418 g/mol. The third-order valence-corrected chi connectivity index (χ3v) is 5.90. The van der Waals surface area contributed by atoms with Crippen LogP contribution in [0.3, 0.4) is 0 Å². The van der Waals surface area contributed by atoms with Crippen LogP contribution in [-0.2, 0) is 12.8 Å². The largest absolute Gasteiger partial charge is 0.360 e. The van der Waals surface area contributed by atoms with Crippen LogP contribution in [0.25, 0.3) is 0 Å². The summed E-state index contributed by atoms with van der Waals surface area (Å²) in [4.78, 5) is 0. The van der Waals surface area contributed by atoms with Crippen LogP contribution in [0.1, 0.15) is 88.1 Å². The van der Waals surface area contributed by atoms with Crippen LogP contribution in [0.4, 0.5) is 5.69 Å². The number of hydrogen-bond donors (Lipinski definition) is 1. The van der Waals surface area contributed by atoms with Crippen molar-refractivity contribution in [2.75, 3.05) is 5.32 Å². The van der Waals surface area contributed by atoms with Crippen LogP contribution in [0.15, 0.2) is 60.9 Å². The van der Waals surface area contributed by atoms with Gasteiger partial charge in [0.25, 0.3) is 0 Å². The first-order valence-electron chi connectivity index (χ1n) is 12.1. The van der Waals surface area contributed by atoms with Crippen LogP contribution in [-0.4, -0.2) is 15.0 Å². The Kier molecular flexibility index (Phi) is 9.62. The SMILES string of the molecule is CCCCCCCCc1ccc(NC(c2ccc(CCCC)cc2)n2ccnn2)cc1. The molecule has 4 heteroatoms.